The van der Waals surface area contributed by atoms with Gasteiger partial charge in [-0.1, -0.05) is 157 Å². The molecule has 8 aromatic carbocycles. The monoisotopic (exact) mass is 781 g/mol. The fraction of sp³-hybridized carbons (Fsp3) is 0.0185. The molecule has 0 atom stereocenters. The van der Waals surface area contributed by atoms with Crippen LogP contribution in [0.5, 0.6) is 0 Å². The quantitative estimate of drug-likeness (QED) is 0.173. The predicted octanol–water partition coefficient (Wildman–Crippen LogP) is 12.8. The summed E-state index contributed by atoms with van der Waals surface area (Å²) in [5.41, 5.74) is 14.4. The molecule has 0 radical (unpaired) electrons. The van der Waals surface area contributed by atoms with Crippen molar-refractivity contribution in [3.8, 4) is 79.7 Å². The van der Waals surface area contributed by atoms with Crippen molar-refractivity contribution in [3.63, 3.8) is 0 Å². The fourth-order valence-corrected chi connectivity index (χ4v) is 10.1. The van der Waals surface area contributed by atoms with E-state index in [0.717, 1.165) is 50.1 Å². The molecule has 278 valence electrons. The molecule has 0 unspecified atom stereocenters. The Hall–Kier alpha value is -7.90. The molecule has 0 bridgehead atoms. The van der Waals surface area contributed by atoms with Gasteiger partial charge in [-0.05, 0) is 98.1 Å². The molecule has 5 nitrogen and oxygen atoms in total. The zero-order chi connectivity index (χ0) is 40.2. The zero-order valence-corrected chi connectivity index (χ0v) is 32.9. The van der Waals surface area contributed by atoms with Crippen LogP contribution in [0.2, 0.25) is 0 Å². The maximum absolute atomic E-state index is 9.60. The third-order valence-corrected chi connectivity index (χ3v) is 12.8. The first-order valence-corrected chi connectivity index (χ1v) is 20.5. The molecular formula is C54H31N5S. The molecule has 0 amide bonds. The van der Waals surface area contributed by atoms with Gasteiger partial charge in [0.05, 0.1) is 28.7 Å². The van der Waals surface area contributed by atoms with Crippen LogP contribution in [0.15, 0.2) is 198 Å². The first-order valence-electron chi connectivity index (χ1n) is 19.7. The molecular weight excluding hydrogens is 751 g/mol. The van der Waals surface area contributed by atoms with Gasteiger partial charge in [-0.3, -0.25) is 0 Å². The first-order chi connectivity index (χ1) is 29.6. The van der Waals surface area contributed by atoms with Crippen LogP contribution in [0, 0.1) is 22.7 Å². The smallest absolute Gasteiger partial charge is 0.164 e. The molecule has 9 aromatic rings. The Morgan fingerprint density at radius 1 is 0.350 bits per heavy atom. The Bertz CT molecular complexity index is 3120. The highest BCUT2D eigenvalue weighted by Gasteiger charge is 2.50. The number of nitriles is 2. The standard InChI is InChI=1S/C54H31N5S/c55-32-34-27-35(33-56)29-42(28-34)37-21-19-36(20-22-37)40-23-25-45-43(30-40)44-31-41(53-58-51(38-11-3-1-4-12-38)57-52(59-53)39-13-5-2-6-14-39)24-26-46(44)54(45)47-15-7-9-17-49(47)60-50-18-10-8-16-48(50)54/h1-31H. The molecule has 6 heteroatoms. The molecule has 2 heterocycles. The summed E-state index contributed by atoms with van der Waals surface area (Å²) in [5.74, 6) is 1.86. The molecule has 0 saturated carbocycles. The average Bonchev–Trinajstić information content (AvgIpc) is 3.61. The lowest BCUT2D eigenvalue weighted by Crippen LogP contribution is -2.31. The van der Waals surface area contributed by atoms with E-state index in [1.807, 2.05) is 84.6 Å². The minimum Gasteiger partial charge on any atom is -0.208 e. The van der Waals surface area contributed by atoms with Crippen molar-refractivity contribution >= 4 is 11.8 Å². The van der Waals surface area contributed by atoms with Crippen molar-refractivity contribution in [1.29, 1.82) is 10.5 Å². The van der Waals surface area contributed by atoms with E-state index in [-0.39, 0.29) is 0 Å². The van der Waals surface area contributed by atoms with Crippen LogP contribution < -0.4 is 0 Å². The van der Waals surface area contributed by atoms with E-state index in [1.54, 1.807) is 6.07 Å². The van der Waals surface area contributed by atoms with E-state index in [1.165, 1.54) is 32.0 Å². The SMILES string of the molecule is N#Cc1cc(C#N)cc(-c2ccc(-c3ccc4c(c3)-c3cc(-c5nc(-c6ccccc6)nc(-c6ccccc6)n5)ccc3C43c4ccccc4Sc4ccccc43)cc2)c1. The van der Waals surface area contributed by atoms with E-state index in [9.17, 15) is 10.5 Å². The van der Waals surface area contributed by atoms with E-state index in [2.05, 4.69) is 121 Å². The molecule has 1 aliphatic heterocycles. The van der Waals surface area contributed by atoms with Gasteiger partial charge >= 0.3 is 0 Å². The van der Waals surface area contributed by atoms with Crippen molar-refractivity contribution in [3.05, 3.63) is 221 Å². The maximum atomic E-state index is 9.60. The molecule has 60 heavy (non-hydrogen) atoms. The number of benzene rings is 8. The van der Waals surface area contributed by atoms with E-state index >= 15 is 0 Å². The number of hydrogen-bond donors (Lipinski definition) is 0. The van der Waals surface area contributed by atoms with Crippen LogP contribution in [-0.4, -0.2) is 15.0 Å². The van der Waals surface area contributed by atoms with Gasteiger partial charge in [-0.15, -0.1) is 0 Å². The molecule has 1 aromatic heterocycles. The van der Waals surface area contributed by atoms with Gasteiger partial charge < -0.3 is 0 Å². The van der Waals surface area contributed by atoms with Crippen molar-refractivity contribution in [1.82, 2.24) is 15.0 Å². The molecule has 1 aliphatic carbocycles. The van der Waals surface area contributed by atoms with Crippen molar-refractivity contribution < 1.29 is 0 Å². The van der Waals surface area contributed by atoms with Gasteiger partial charge in [0.1, 0.15) is 0 Å². The Labute approximate surface area is 352 Å². The van der Waals surface area contributed by atoms with Gasteiger partial charge in [-0.25, -0.2) is 15.0 Å². The second-order valence-corrected chi connectivity index (χ2v) is 16.1. The number of nitrogens with zero attached hydrogens (tertiary/aromatic N) is 5. The molecule has 1 spiro atoms. The summed E-state index contributed by atoms with van der Waals surface area (Å²) >= 11 is 1.83. The Morgan fingerprint density at radius 2 is 0.767 bits per heavy atom. The minimum atomic E-state index is -0.544. The summed E-state index contributed by atoms with van der Waals surface area (Å²) in [6, 6.07) is 69.5. The van der Waals surface area contributed by atoms with Gasteiger partial charge in [-0.2, -0.15) is 10.5 Å². The average molecular weight is 782 g/mol. The van der Waals surface area contributed by atoms with Crippen molar-refractivity contribution in [2.24, 2.45) is 0 Å². The third-order valence-electron chi connectivity index (χ3n) is 11.6. The second kappa shape index (κ2) is 14.2. The summed E-state index contributed by atoms with van der Waals surface area (Å²) in [6.07, 6.45) is 0. The molecule has 0 fully saturated rings. The molecule has 0 N–H and O–H groups in total. The van der Waals surface area contributed by atoms with Gasteiger partial charge in [0.2, 0.25) is 0 Å². The minimum absolute atomic E-state index is 0.465. The highest BCUT2D eigenvalue weighted by atomic mass is 32.2. The van der Waals surface area contributed by atoms with E-state index in [0.29, 0.717) is 28.6 Å². The van der Waals surface area contributed by atoms with Gasteiger partial charge in [0.15, 0.2) is 17.5 Å². The van der Waals surface area contributed by atoms with Crippen molar-refractivity contribution in [2.45, 2.75) is 15.2 Å². The van der Waals surface area contributed by atoms with Crippen LogP contribution >= 0.6 is 11.8 Å². The highest BCUT2D eigenvalue weighted by Crippen LogP contribution is 2.62. The van der Waals surface area contributed by atoms with E-state index < -0.39 is 5.41 Å². The lowest BCUT2D eigenvalue weighted by Gasteiger charge is -2.39. The summed E-state index contributed by atoms with van der Waals surface area (Å²) in [7, 11) is 0. The zero-order valence-electron chi connectivity index (χ0n) is 32.0. The van der Waals surface area contributed by atoms with Crippen LogP contribution in [0.25, 0.3) is 67.5 Å². The fourth-order valence-electron chi connectivity index (χ4n) is 8.94. The predicted molar refractivity (Wildman–Crippen MR) is 238 cm³/mol. The molecule has 2 aliphatic rings. The normalized spacial score (nSPS) is 12.7. The lowest BCUT2D eigenvalue weighted by atomic mass is 9.67. The van der Waals surface area contributed by atoms with E-state index in [4.69, 9.17) is 15.0 Å². The van der Waals surface area contributed by atoms with Crippen LogP contribution in [0.3, 0.4) is 0 Å². The highest BCUT2D eigenvalue weighted by molar-refractivity contribution is 7.99. The van der Waals surface area contributed by atoms with Crippen LogP contribution in [0.4, 0.5) is 0 Å². The number of hydrogen-bond acceptors (Lipinski definition) is 6. The summed E-state index contributed by atoms with van der Waals surface area (Å²) in [6.45, 7) is 0. The Kier molecular flexibility index (Phi) is 8.34. The number of rotatable bonds is 5. The number of fused-ring (bicyclic) bond motifs is 9. The summed E-state index contributed by atoms with van der Waals surface area (Å²) in [5, 5.41) is 19.2. The third kappa shape index (κ3) is 5.66. The van der Waals surface area contributed by atoms with Crippen LogP contribution in [-0.2, 0) is 5.41 Å². The van der Waals surface area contributed by atoms with Gasteiger partial charge in [0.25, 0.3) is 0 Å². The lowest BCUT2D eigenvalue weighted by molar-refractivity contribution is 0.722. The molecule has 11 rings (SSSR count). The Balaban J connectivity index is 1.12. The topological polar surface area (TPSA) is 86.2 Å². The number of aromatic nitrogens is 3. The summed E-state index contributed by atoms with van der Waals surface area (Å²) in [4.78, 5) is 17.7. The summed E-state index contributed by atoms with van der Waals surface area (Å²) < 4.78 is 0. The van der Waals surface area contributed by atoms with Crippen LogP contribution in [0.1, 0.15) is 33.4 Å². The van der Waals surface area contributed by atoms with Gasteiger partial charge in [0, 0.05) is 26.5 Å². The Morgan fingerprint density at radius 3 is 1.28 bits per heavy atom. The largest absolute Gasteiger partial charge is 0.208 e. The van der Waals surface area contributed by atoms with Crippen molar-refractivity contribution in [2.75, 3.05) is 0 Å². The molecule has 0 saturated heterocycles. The second-order valence-electron chi connectivity index (χ2n) is 15.0. The first kappa shape index (κ1) is 35.3. The maximum Gasteiger partial charge on any atom is 0.164 e.